The highest BCUT2D eigenvalue weighted by atomic mass is 16.1. The number of nitrogens with one attached hydrogen (secondary N) is 2. The van der Waals surface area contributed by atoms with Crippen molar-refractivity contribution in [1.82, 2.24) is 20.3 Å². The molecule has 122 valence electrons. The molecule has 1 fully saturated rings. The summed E-state index contributed by atoms with van der Waals surface area (Å²) < 4.78 is 1.68. The zero-order valence-electron chi connectivity index (χ0n) is 13.4. The lowest BCUT2D eigenvalue weighted by Crippen LogP contribution is -2.34. The Bertz CT molecular complexity index is 617. The van der Waals surface area contributed by atoms with Crippen molar-refractivity contribution in [3.63, 3.8) is 0 Å². The molecule has 0 bridgehead atoms. The summed E-state index contributed by atoms with van der Waals surface area (Å²) in [6.07, 6.45) is 6.41. The number of nitrogens with zero attached hydrogens (tertiary/aromatic N) is 3. The van der Waals surface area contributed by atoms with Gasteiger partial charge in [0.1, 0.15) is 0 Å². The number of anilines is 1. The van der Waals surface area contributed by atoms with Gasteiger partial charge in [-0.1, -0.05) is 12.1 Å². The van der Waals surface area contributed by atoms with Gasteiger partial charge in [-0.25, -0.2) is 4.68 Å². The lowest BCUT2D eigenvalue weighted by molar-refractivity contribution is -0.117. The van der Waals surface area contributed by atoms with Crippen molar-refractivity contribution >= 4 is 11.6 Å². The first kappa shape index (κ1) is 15.7. The lowest BCUT2D eigenvalue weighted by Gasteiger charge is -2.28. The standard InChI is InChI=1S/C17H23N5O/c1-13(14-3-2-8-18-12-14)11-17(23)20-15-4-6-16(7-5-15)22-10-9-19-21-22/h4-7,9-10,13-14,18H,2-3,8,11-12H2,1H3,(H,20,23). The molecule has 0 spiro atoms. The maximum absolute atomic E-state index is 12.2. The van der Waals surface area contributed by atoms with Gasteiger partial charge in [-0.3, -0.25) is 4.79 Å². The number of hydrogen-bond acceptors (Lipinski definition) is 4. The van der Waals surface area contributed by atoms with E-state index in [0.717, 1.165) is 24.5 Å². The third-order valence-corrected chi connectivity index (χ3v) is 4.49. The highest BCUT2D eigenvalue weighted by Crippen LogP contribution is 2.23. The molecule has 1 aliphatic rings. The molecule has 1 aromatic heterocycles. The first-order chi connectivity index (χ1) is 11.2. The van der Waals surface area contributed by atoms with Crippen LogP contribution in [0.1, 0.15) is 26.2 Å². The molecule has 1 amide bonds. The number of amides is 1. The molecule has 3 rings (SSSR count). The normalized spacial score (nSPS) is 19.3. The van der Waals surface area contributed by atoms with E-state index in [1.54, 1.807) is 17.1 Å². The van der Waals surface area contributed by atoms with Gasteiger partial charge in [0.2, 0.25) is 5.91 Å². The van der Waals surface area contributed by atoms with Gasteiger partial charge in [0.15, 0.2) is 0 Å². The monoisotopic (exact) mass is 313 g/mol. The van der Waals surface area contributed by atoms with E-state index >= 15 is 0 Å². The average Bonchev–Trinajstić information content (AvgIpc) is 3.11. The third kappa shape index (κ3) is 4.16. The minimum atomic E-state index is 0.0802. The second kappa shape index (κ2) is 7.37. The van der Waals surface area contributed by atoms with Crippen LogP contribution in [-0.4, -0.2) is 34.0 Å². The summed E-state index contributed by atoms with van der Waals surface area (Å²) in [6, 6.07) is 7.61. The zero-order valence-corrected chi connectivity index (χ0v) is 13.4. The van der Waals surface area contributed by atoms with Gasteiger partial charge in [0.05, 0.1) is 18.1 Å². The van der Waals surface area contributed by atoms with E-state index in [9.17, 15) is 4.79 Å². The molecule has 6 heteroatoms. The van der Waals surface area contributed by atoms with E-state index in [-0.39, 0.29) is 5.91 Å². The number of rotatable bonds is 5. The number of carbonyl (C=O) groups is 1. The minimum absolute atomic E-state index is 0.0802. The van der Waals surface area contributed by atoms with Crippen molar-refractivity contribution in [2.45, 2.75) is 26.2 Å². The van der Waals surface area contributed by atoms with Gasteiger partial charge >= 0.3 is 0 Å². The van der Waals surface area contributed by atoms with Crippen LogP contribution in [0.25, 0.3) is 5.69 Å². The van der Waals surface area contributed by atoms with E-state index in [4.69, 9.17) is 0 Å². The molecule has 6 nitrogen and oxygen atoms in total. The zero-order chi connectivity index (χ0) is 16.1. The first-order valence-electron chi connectivity index (χ1n) is 8.19. The summed E-state index contributed by atoms with van der Waals surface area (Å²) in [6.45, 7) is 4.31. The van der Waals surface area contributed by atoms with Crippen LogP contribution in [0.4, 0.5) is 5.69 Å². The molecule has 1 aliphatic heterocycles. The van der Waals surface area contributed by atoms with Crippen molar-refractivity contribution in [3.8, 4) is 5.69 Å². The lowest BCUT2D eigenvalue weighted by atomic mass is 9.85. The van der Waals surface area contributed by atoms with Crippen molar-refractivity contribution in [1.29, 1.82) is 0 Å². The molecule has 2 atom stereocenters. The summed E-state index contributed by atoms with van der Waals surface area (Å²) in [4.78, 5) is 12.2. The van der Waals surface area contributed by atoms with Crippen LogP contribution in [0.5, 0.6) is 0 Å². The van der Waals surface area contributed by atoms with E-state index in [1.807, 2.05) is 24.3 Å². The summed E-state index contributed by atoms with van der Waals surface area (Å²) in [5.74, 6) is 1.08. The van der Waals surface area contributed by atoms with Crippen molar-refractivity contribution < 1.29 is 4.79 Å². The highest BCUT2D eigenvalue weighted by Gasteiger charge is 2.21. The molecule has 2 heterocycles. The highest BCUT2D eigenvalue weighted by molar-refractivity contribution is 5.90. The Morgan fingerprint density at radius 2 is 2.26 bits per heavy atom. The predicted octanol–water partition coefficient (Wildman–Crippen LogP) is 2.23. The molecule has 1 aromatic carbocycles. The topological polar surface area (TPSA) is 71.8 Å². The fraction of sp³-hybridized carbons (Fsp3) is 0.471. The smallest absolute Gasteiger partial charge is 0.224 e. The predicted molar refractivity (Wildman–Crippen MR) is 89.4 cm³/mol. The maximum atomic E-state index is 12.2. The van der Waals surface area contributed by atoms with Gasteiger partial charge in [-0.15, -0.1) is 5.10 Å². The van der Waals surface area contributed by atoms with E-state index in [1.165, 1.54) is 12.8 Å². The van der Waals surface area contributed by atoms with Crippen molar-refractivity contribution in [2.75, 3.05) is 18.4 Å². The van der Waals surface area contributed by atoms with Crippen molar-refractivity contribution in [3.05, 3.63) is 36.7 Å². The van der Waals surface area contributed by atoms with Crippen LogP contribution in [0.15, 0.2) is 36.7 Å². The van der Waals surface area contributed by atoms with E-state index in [0.29, 0.717) is 18.3 Å². The molecule has 1 saturated heterocycles. The molecular weight excluding hydrogens is 290 g/mol. The maximum Gasteiger partial charge on any atom is 0.224 e. The summed E-state index contributed by atoms with van der Waals surface area (Å²) in [5.41, 5.74) is 1.73. The van der Waals surface area contributed by atoms with Crippen LogP contribution in [0, 0.1) is 11.8 Å². The fourth-order valence-corrected chi connectivity index (χ4v) is 3.08. The summed E-state index contributed by atoms with van der Waals surface area (Å²) in [7, 11) is 0. The Morgan fingerprint density at radius 1 is 1.43 bits per heavy atom. The molecular formula is C17H23N5O. The fourth-order valence-electron chi connectivity index (χ4n) is 3.08. The van der Waals surface area contributed by atoms with Gasteiger partial charge in [0.25, 0.3) is 0 Å². The quantitative estimate of drug-likeness (QED) is 0.888. The Morgan fingerprint density at radius 3 is 2.91 bits per heavy atom. The minimum Gasteiger partial charge on any atom is -0.326 e. The number of hydrogen-bond donors (Lipinski definition) is 2. The van der Waals surface area contributed by atoms with Gasteiger partial charge < -0.3 is 10.6 Å². The van der Waals surface area contributed by atoms with Crippen LogP contribution < -0.4 is 10.6 Å². The molecule has 0 saturated carbocycles. The molecule has 2 N–H and O–H groups in total. The van der Waals surface area contributed by atoms with E-state index in [2.05, 4.69) is 27.9 Å². The van der Waals surface area contributed by atoms with Gasteiger partial charge in [-0.2, -0.15) is 0 Å². The van der Waals surface area contributed by atoms with Gasteiger partial charge in [0, 0.05) is 12.1 Å². The molecule has 0 radical (unpaired) electrons. The Kier molecular flexibility index (Phi) is 5.02. The summed E-state index contributed by atoms with van der Waals surface area (Å²) in [5, 5.41) is 14.1. The second-order valence-electron chi connectivity index (χ2n) is 6.23. The summed E-state index contributed by atoms with van der Waals surface area (Å²) >= 11 is 0. The van der Waals surface area contributed by atoms with E-state index < -0.39 is 0 Å². The van der Waals surface area contributed by atoms with Crippen molar-refractivity contribution in [2.24, 2.45) is 11.8 Å². The van der Waals surface area contributed by atoms with Crippen LogP contribution in [0.3, 0.4) is 0 Å². The van der Waals surface area contributed by atoms with Crippen LogP contribution in [-0.2, 0) is 4.79 Å². The average molecular weight is 313 g/mol. The number of benzene rings is 1. The first-order valence-corrected chi connectivity index (χ1v) is 8.19. The third-order valence-electron chi connectivity index (χ3n) is 4.49. The molecule has 2 aromatic rings. The molecule has 0 aliphatic carbocycles. The second-order valence-corrected chi connectivity index (χ2v) is 6.23. The largest absolute Gasteiger partial charge is 0.326 e. The molecule has 2 unspecified atom stereocenters. The number of carbonyl (C=O) groups excluding carboxylic acids is 1. The Balaban J connectivity index is 1.53. The van der Waals surface area contributed by atoms with Crippen LogP contribution >= 0.6 is 0 Å². The molecule has 23 heavy (non-hydrogen) atoms. The number of piperidine rings is 1. The number of aromatic nitrogens is 3. The van der Waals surface area contributed by atoms with Gasteiger partial charge in [-0.05, 0) is 62.0 Å². The van der Waals surface area contributed by atoms with Crippen LogP contribution in [0.2, 0.25) is 0 Å². The Labute approximate surface area is 136 Å². The SMILES string of the molecule is CC(CC(=O)Nc1ccc(-n2ccnn2)cc1)C1CCCNC1. The Hall–Kier alpha value is -2.21.